The molecule has 1 aliphatic rings. The molecule has 0 aromatic heterocycles. The minimum Gasteiger partial charge on any atom is -0.314 e. The van der Waals surface area contributed by atoms with Gasteiger partial charge in [-0.25, -0.2) is 4.39 Å². The fraction of sp³-hybridized carbons (Fsp3) is 0.400. The Bertz CT molecular complexity index is 327. The Balaban J connectivity index is 0.00000112. The Kier molecular flexibility index (Phi) is 4.80. The van der Waals surface area contributed by atoms with Gasteiger partial charge in [-0.15, -0.1) is 12.4 Å². The van der Waals surface area contributed by atoms with Crippen molar-refractivity contribution in [3.63, 3.8) is 0 Å². The molecule has 2 nitrogen and oxygen atoms in total. The van der Waals surface area contributed by atoms with Crippen LogP contribution in [0.15, 0.2) is 18.2 Å². The van der Waals surface area contributed by atoms with Crippen LogP contribution in [0.5, 0.6) is 0 Å². The van der Waals surface area contributed by atoms with Crippen LogP contribution in [0.2, 0.25) is 5.02 Å². The highest BCUT2D eigenvalue weighted by atomic mass is 35.5. The van der Waals surface area contributed by atoms with Gasteiger partial charge in [0, 0.05) is 25.7 Å². The van der Waals surface area contributed by atoms with Crippen molar-refractivity contribution in [3.8, 4) is 0 Å². The van der Waals surface area contributed by atoms with E-state index in [-0.39, 0.29) is 29.3 Å². The summed E-state index contributed by atoms with van der Waals surface area (Å²) in [6, 6.07) is 5.04. The van der Waals surface area contributed by atoms with E-state index in [1.165, 1.54) is 6.07 Å². The molecule has 1 aliphatic heterocycles. The van der Waals surface area contributed by atoms with Crippen LogP contribution >= 0.6 is 24.0 Å². The van der Waals surface area contributed by atoms with E-state index in [0.29, 0.717) is 0 Å². The van der Waals surface area contributed by atoms with Gasteiger partial charge in [-0.3, -0.25) is 0 Å². The van der Waals surface area contributed by atoms with Gasteiger partial charge in [-0.1, -0.05) is 23.7 Å². The molecule has 0 saturated carbocycles. The van der Waals surface area contributed by atoms with Crippen LogP contribution in [0.4, 0.5) is 4.39 Å². The van der Waals surface area contributed by atoms with Gasteiger partial charge in [0.2, 0.25) is 0 Å². The van der Waals surface area contributed by atoms with Crippen molar-refractivity contribution in [2.45, 2.75) is 6.04 Å². The lowest BCUT2D eigenvalue weighted by Crippen LogP contribution is -2.42. The van der Waals surface area contributed by atoms with Gasteiger partial charge in [0.15, 0.2) is 0 Å². The molecule has 2 rings (SSSR count). The maximum absolute atomic E-state index is 13.2. The van der Waals surface area contributed by atoms with E-state index in [4.69, 9.17) is 11.6 Å². The fourth-order valence-corrected chi connectivity index (χ4v) is 1.92. The summed E-state index contributed by atoms with van der Waals surface area (Å²) in [4.78, 5) is 0. The summed E-state index contributed by atoms with van der Waals surface area (Å²) in [5, 5.41) is 6.76. The number of hydrogen-bond donors (Lipinski definition) is 2. The van der Waals surface area contributed by atoms with Gasteiger partial charge in [0.25, 0.3) is 0 Å². The van der Waals surface area contributed by atoms with Crippen LogP contribution in [0.25, 0.3) is 0 Å². The minimum atomic E-state index is -0.350. The largest absolute Gasteiger partial charge is 0.314 e. The van der Waals surface area contributed by atoms with E-state index in [2.05, 4.69) is 10.6 Å². The van der Waals surface area contributed by atoms with Crippen LogP contribution in [0.3, 0.4) is 0 Å². The van der Waals surface area contributed by atoms with Crippen molar-refractivity contribution in [1.82, 2.24) is 10.6 Å². The highest BCUT2D eigenvalue weighted by Gasteiger charge is 2.18. The average Bonchev–Trinajstić information content (AvgIpc) is 2.23. The predicted octanol–water partition coefficient (Wildman–Crippen LogP) is 2.13. The van der Waals surface area contributed by atoms with Crippen LogP contribution in [-0.4, -0.2) is 19.6 Å². The molecule has 1 aromatic carbocycles. The third kappa shape index (κ3) is 2.82. The molecule has 2 N–H and O–H groups in total. The lowest BCUT2D eigenvalue weighted by atomic mass is 10.1. The Morgan fingerprint density at radius 3 is 2.80 bits per heavy atom. The maximum atomic E-state index is 13.2. The number of piperazine rings is 1. The molecule has 0 unspecified atom stereocenters. The van der Waals surface area contributed by atoms with Crippen LogP contribution in [0.1, 0.15) is 11.6 Å². The van der Waals surface area contributed by atoms with Gasteiger partial charge >= 0.3 is 0 Å². The minimum absolute atomic E-state index is 0. The maximum Gasteiger partial charge on any atom is 0.142 e. The van der Waals surface area contributed by atoms with Crippen molar-refractivity contribution in [3.05, 3.63) is 34.6 Å². The van der Waals surface area contributed by atoms with Crippen molar-refractivity contribution in [1.29, 1.82) is 0 Å². The molecule has 1 aromatic rings. The van der Waals surface area contributed by atoms with Gasteiger partial charge in [0.05, 0.1) is 5.02 Å². The number of benzene rings is 1. The normalized spacial score (nSPS) is 20.8. The number of nitrogens with one attached hydrogen (secondary N) is 2. The standard InChI is InChI=1S/C10H12ClFN2.ClH/c11-10-7(2-1-3-8(10)12)9-6-13-4-5-14-9;/h1-3,9,13-14H,4-6H2;1H/t9-;/m1./s1. The predicted molar refractivity (Wildman–Crippen MR) is 62.3 cm³/mol. The fourth-order valence-electron chi connectivity index (χ4n) is 1.66. The van der Waals surface area contributed by atoms with Crippen molar-refractivity contribution in [2.24, 2.45) is 0 Å². The van der Waals surface area contributed by atoms with E-state index in [1.54, 1.807) is 6.07 Å². The van der Waals surface area contributed by atoms with Crippen molar-refractivity contribution >= 4 is 24.0 Å². The van der Waals surface area contributed by atoms with Gasteiger partial charge in [-0.2, -0.15) is 0 Å². The van der Waals surface area contributed by atoms with E-state index < -0.39 is 0 Å². The van der Waals surface area contributed by atoms with E-state index in [0.717, 1.165) is 25.2 Å². The summed E-state index contributed by atoms with van der Waals surface area (Å²) in [5.74, 6) is -0.350. The molecular weight excluding hydrogens is 238 g/mol. The summed E-state index contributed by atoms with van der Waals surface area (Å²) in [5.41, 5.74) is 0.832. The first-order valence-corrected chi connectivity index (χ1v) is 5.05. The second kappa shape index (κ2) is 5.66. The topological polar surface area (TPSA) is 24.1 Å². The van der Waals surface area contributed by atoms with Crippen molar-refractivity contribution < 1.29 is 4.39 Å². The molecule has 0 bridgehead atoms. The van der Waals surface area contributed by atoms with Gasteiger partial charge in [-0.05, 0) is 11.6 Å². The quantitative estimate of drug-likeness (QED) is 0.799. The molecule has 0 amide bonds. The van der Waals surface area contributed by atoms with Crippen molar-refractivity contribution in [2.75, 3.05) is 19.6 Å². The molecule has 0 radical (unpaired) electrons. The molecule has 84 valence electrons. The highest BCUT2D eigenvalue weighted by Crippen LogP contribution is 2.25. The average molecular weight is 251 g/mol. The molecule has 1 atom stereocenters. The summed E-state index contributed by atoms with van der Waals surface area (Å²) >= 11 is 5.88. The Hall–Kier alpha value is -0.350. The first-order valence-electron chi connectivity index (χ1n) is 4.67. The highest BCUT2D eigenvalue weighted by molar-refractivity contribution is 6.31. The monoisotopic (exact) mass is 250 g/mol. The third-order valence-electron chi connectivity index (χ3n) is 2.40. The molecular formula is C10H13Cl2FN2. The molecule has 0 aliphatic carbocycles. The second-order valence-electron chi connectivity index (χ2n) is 3.35. The molecule has 15 heavy (non-hydrogen) atoms. The molecule has 1 saturated heterocycles. The number of rotatable bonds is 1. The lowest BCUT2D eigenvalue weighted by molar-refractivity contribution is 0.429. The van der Waals surface area contributed by atoms with Crippen LogP contribution in [0, 0.1) is 5.82 Å². The first-order chi connectivity index (χ1) is 6.79. The SMILES string of the molecule is Cl.Fc1cccc([C@H]2CNCCN2)c1Cl. The summed E-state index contributed by atoms with van der Waals surface area (Å²) < 4.78 is 13.2. The lowest BCUT2D eigenvalue weighted by Gasteiger charge is -2.25. The van der Waals surface area contributed by atoms with E-state index >= 15 is 0 Å². The zero-order valence-corrected chi connectivity index (χ0v) is 9.67. The second-order valence-corrected chi connectivity index (χ2v) is 3.73. The Labute approximate surface area is 99.6 Å². The van der Waals surface area contributed by atoms with E-state index in [9.17, 15) is 4.39 Å². The van der Waals surface area contributed by atoms with Gasteiger partial charge < -0.3 is 10.6 Å². The zero-order valence-electron chi connectivity index (χ0n) is 8.09. The van der Waals surface area contributed by atoms with E-state index in [1.807, 2.05) is 6.07 Å². The Morgan fingerprint density at radius 2 is 2.13 bits per heavy atom. The summed E-state index contributed by atoms with van der Waals surface area (Å²) in [6.07, 6.45) is 0. The zero-order chi connectivity index (χ0) is 9.97. The number of halogens is 3. The first kappa shape index (κ1) is 12.7. The molecule has 0 spiro atoms. The third-order valence-corrected chi connectivity index (χ3v) is 2.80. The molecule has 1 heterocycles. The summed E-state index contributed by atoms with van der Waals surface area (Å²) in [6.45, 7) is 2.63. The van der Waals surface area contributed by atoms with Crippen LogP contribution in [-0.2, 0) is 0 Å². The smallest absolute Gasteiger partial charge is 0.142 e. The Morgan fingerprint density at radius 1 is 1.33 bits per heavy atom. The van der Waals surface area contributed by atoms with Crippen LogP contribution < -0.4 is 10.6 Å². The molecule has 5 heteroatoms. The molecule has 1 fully saturated rings. The van der Waals surface area contributed by atoms with Gasteiger partial charge in [0.1, 0.15) is 5.82 Å². The number of hydrogen-bond acceptors (Lipinski definition) is 2. The summed E-state index contributed by atoms with van der Waals surface area (Å²) in [7, 11) is 0.